The predicted octanol–water partition coefficient (Wildman–Crippen LogP) is 1.89. The SMILES string of the molecule is CCCOCCSc1nc(C)cc(N)n1. The van der Waals surface area contributed by atoms with Crippen LogP contribution in [0.15, 0.2) is 11.2 Å². The molecule has 0 saturated heterocycles. The molecule has 0 aliphatic carbocycles. The maximum atomic E-state index is 5.62. The molecule has 0 aliphatic rings. The second-order valence-corrected chi connectivity index (χ2v) is 4.24. The molecule has 0 bridgehead atoms. The van der Waals surface area contributed by atoms with Crippen molar-refractivity contribution in [3.63, 3.8) is 0 Å². The van der Waals surface area contributed by atoms with Crippen molar-refractivity contribution in [3.8, 4) is 0 Å². The molecule has 1 aromatic rings. The highest BCUT2D eigenvalue weighted by Gasteiger charge is 2.00. The first kappa shape index (κ1) is 12.3. The van der Waals surface area contributed by atoms with Crippen LogP contribution in [0.4, 0.5) is 5.82 Å². The van der Waals surface area contributed by atoms with Crippen LogP contribution in [-0.4, -0.2) is 28.9 Å². The van der Waals surface area contributed by atoms with Crippen LogP contribution in [-0.2, 0) is 4.74 Å². The van der Waals surface area contributed by atoms with E-state index in [0.717, 1.165) is 36.2 Å². The number of nitrogen functional groups attached to an aromatic ring is 1. The van der Waals surface area contributed by atoms with Crippen molar-refractivity contribution in [2.24, 2.45) is 0 Å². The minimum absolute atomic E-state index is 0.527. The monoisotopic (exact) mass is 227 g/mol. The van der Waals surface area contributed by atoms with Crippen LogP contribution in [0.5, 0.6) is 0 Å². The summed E-state index contributed by atoms with van der Waals surface area (Å²) < 4.78 is 5.36. The average Bonchev–Trinajstić information content (AvgIpc) is 2.16. The Morgan fingerprint density at radius 2 is 2.20 bits per heavy atom. The van der Waals surface area contributed by atoms with E-state index in [2.05, 4.69) is 16.9 Å². The van der Waals surface area contributed by atoms with Crippen LogP contribution in [0.3, 0.4) is 0 Å². The van der Waals surface area contributed by atoms with Crippen molar-refractivity contribution >= 4 is 17.6 Å². The predicted molar refractivity (Wildman–Crippen MR) is 63.0 cm³/mol. The Hall–Kier alpha value is -0.810. The summed E-state index contributed by atoms with van der Waals surface area (Å²) in [7, 11) is 0. The second kappa shape index (κ2) is 6.63. The molecule has 1 heterocycles. The summed E-state index contributed by atoms with van der Waals surface area (Å²) in [6.45, 7) is 5.56. The Morgan fingerprint density at radius 3 is 2.87 bits per heavy atom. The van der Waals surface area contributed by atoms with Gasteiger partial charge in [0.15, 0.2) is 5.16 Å². The van der Waals surface area contributed by atoms with E-state index in [1.807, 2.05) is 6.92 Å². The van der Waals surface area contributed by atoms with Crippen molar-refractivity contribution in [1.29, 1.82) is 0 Å². The first-order valence-electron chi connectivity index (χ1n) is 5.04. The lowest BCUT2D eigenvalue weighted by molar-refractivity contribution is 0.151. The van der Waals surface area contributed by atoms with Gasteiger partial charge in [0.2, 0.25) is 0 Å². The highest BCUT2D eigenvalue weighted by Crippen LogP contribution is 2.14. The molecule has 1 aromatic heterocycles. The van der Waals surface area contributed by atoms with Crippen molar-refractivity contribution in [3.05, 3.63) is 11.8 Å². The fourth-order valence-corrected chi connectivity index (χ4v) is 1.83. The van der Waals surface area contributed by atoms with E-state index in [1.54, 1.807) is 17.8 Å². The Bertz CT molecular complexity index is 286. The molecule has 0 spiro atoms. The van der Waals surface area contributed by atoms with Crippen molar-refractivity contribution in [2.75, 3.05) is 24.7 Å². The number of thioether (sulfide) groups is 1. The molecule has 15 heavy (non-hydrogen) atoms. The minimum atomic E-state index is 0.527. The van der Waals surface area contributed by atoms with Gasteiger partial charge in [0.25, 0.3) is 0 Å². The summed E-state index contributed by atoms with van der Waals surface area (Å²) in [4.78, 5) is 8.39. The zero-order chi connectivity index (χ0) is 11.1. The van der Waals surface area contributed by atoms with Crippen LogP contribution < -0.4 is 5.73 Å². The number of nitrogens with zero attached hydrogens (tertiary/aromatic N) is 2. The lowest BCUT2D eigenvalue weighted by Crippen LogP contribution is -2.01. The molecule has 0 radical (unpaired) electrons. The molecule has 84 valence electrons. The second-order valence-electron chi connectivity index (χ2n) is 3.18. The van der Waals surface area contributed by atoms with E-state index in [4.69, 9.17) is 10.5 Å². The standard InChI is InChI=1S/C10H17N3OS/c1-3-4-14-5-6-15-10-12-8(2)7-9(11)13-10/h7H,3-6H2,1-2H3,(H2,11,12,13). The summed E-state index contributed by atoms with van der Waals surface area (Å²) >= 11 is 1.57. The summed E-state index contributed by atoms with van der Waals surface area (Å²) in [6, 6.07) is 1.76. The lowest BCUT2D eigenvalue weighted by atomic mass is 10.4. The zero-order valence-corrected chi connectivity index (χ0v) is 10.0. The molecular formula is C10H17N3OS. The van der Waals surface area contributed by atoms with Crippen molar-refractivity contribution in [1.82, 2.24) is 9.97 Å². The van der Waals surface area contributed by atoms with Gasteiger partial charge < -0.3 is 10.5 Å². The number of hydrogen-bond donors (Lipinski definition) is 1. The van der Waals surface area contributed by atoms with E-state index in [-0.39, 0.29) is 0 Å². The summed E-state index contributed by atoms with van der Waals surface area (Å²) in [6.07, 6.45) is 1.05. The molecule has 0 aromatic carbocycles. The van der Waals surface area contributed by atoms with Crippen molar-refractivity contribution < 1.29 is 4.74 Å². The molecule has 0 fully saturated rings. The molecule has 2 N–H and O–H groups in total. The Morgan fingerprint density at radius 1 is 1.40 bits per heavy atom. The summed E-state index contributed by atoms with van der Waals surface area (Å²) in [5.74, 6) is 1.39. The molecule has 0 atom stereocenters. The number of hydrogen-bond acceptors (Lipinski definition) is 5. The third kappa shape index (κ3) is 4.99. The van der Waals surface area contributed by atoms with Gasteiger partial charge in [-0.1, -0.05) is 18.7 Å². The normalized spacial score (nSPS) is 10.5. The topological polar surface area (TPSA) is 61.0 Å². The minimum Gasteiger partial charge on any atom is -0.384 e. The van der Waals surface area contributed by atoms with Crippen LogP contribution in [0.25, 0.3) is 0 Å². The number of nitrogens with two attached hydrogens (primary N) is 1. The molecule has 1 rings (SSSR count). The molecule has 0 aliphatic heterocycles. The Kier molecular flexibility index (Phi) is 5.42. The number of aromatic nitrogens is 2. The van der Waals surface area contributed by atoms with E-state index in [9.17, 15) is 0 Å². The van der Waals surface area contributed by atoms with Gasteiger partial charge in [-0.3, -0.25) is 0 Å². The third-order valence-corrected chi connectivity index (χ3v) is 2.47. The lowest BCUT2D eigenvalue weighted by Gasteiger charge is -2.03. The number of aryl methyl sites for hydroxylation is 1. The maximum Gasteiger partial charge on any atom is 0.189 e. The van der Waals surface area contributed by atoms with Gasteiger partial charge in [-0.15, -0.1) is 0 Å². The van der Waals surface area contributed by atoms with Crippen LogP contribution >= 0.6 is 11.8 Å². The van der Waals surface area contributed by atoms with Crippen molar-refractivity contribution in [2.45, 2.75) is 25.4 Å². The van der Waals surface area contributed by atoms with Gasteiger partial charge in [0, 0.05) is 24.1 Å². The maximum absolute atomic E-state index is 5.62. The Balaban J connectivity index is 2.31. The molecule has 5 heteroatoms. The number of ether oxygens (including phenoxy) is 1. The van der Waals surface area contributed by atoms with Crippen LogP contribution in [0.1, 0.15) is 19.0 Å². The highest BCUT2D eigenvalue weighted by atomic mass is 32.2. The molecule has 0 saturated carbocycles. The number of rotatable bonds is 6. The van der Waals surface area contributed by atoms with E-state index >= 15 is 0 Å². The first-order valence-corrected chi connectivity index (χ1v) is 6.02. The third-order valence-electron chi connectivity index (χ3n) is 1.66. The largest absolute Gasteiger partial charge is 0.384 e. The first-order chi connectivity index (χ1) is 7.22. The number of anilines is 1. The fraction of sp³-hybridized carbons (Fsp3) is 0.600. The van der Waals surface area contributed by atoms with Crippen LogP contribution in [0.2, 0.25) is 0 Å². The van der Waals surface area contributed by atoms with Crippen LogP contribution in [0, 0.1) is 6.92 Å². The molecule has 0 amide bonds. The fourth-order valence-electron chi connectivity index (χ4n) is 1.07. The molecule has 4 nitrogen and oxygen atoms in total. The van der Waals surface area contributed by atoms with Gasteiger partial charge in [-0.2, -0.15) is 0 Å². The van der Waals surface area contributed by atoms with Gasteiger partial charge in [0.05, 0.1) is 6.61 Å². The highest BCUT2D eigenvalue weighted by molar-refractivity contribution is 7.99. The van der Waals surface area contributed by atoms with Gasteiger partial charge in [0.1, 0.15) is 5.82 Å². The van der Waals surface area contributed by atoms with E-state index in [1.165, 1.54) is 0 Å². The summed E-state index contributed by atoms with van der Waals surface area (Å²) in [5.41, 5.74) is 6.52. The quantitative estimate of drug-likeness (QED) is 0.457. The summed E-state index contributed by atoms with van der Waals surface area (Å²) in [5, 5.41) is 0.729. The van der Waals surface area contributed by atoms with Gasteiger partial charge in [-0.05, 0) is 13.3 Å². The molecular weight excluding hydrogens is 210 g/mol. The smallest absolute Gasteiger partial charge is 0.189 e. The molecule has 0 unspecified atom stereocenters. The van der Waals surface area contributed by atoms with E-state index < -0.39 is 0 Å². The van der Waals surface area contributed by atoms with Gasteiger partial charge in [-0.25, -0.2) is 9.97 Å². The Labute approximate surface area is 94.6 Å². The van der Waals surface area contributed by atoms with Gasteiger partial charge >= 0.3 is 0 Å². The zero-order valence-electron chi connectivity index (χ0n) is 9.19. The average molecular weight is 227 g/mol. The van der Waals surface area contributed by atoms with E-state index in [0.29, 0.717) is 5.82 Å².